The first-order chi connectivity index (χ1) is 8.85. The zero-order valence-corrected chi connectivity index (χ0v) is 11.9. The summed E-state index contributed by atoms with van der Waals surface area (Å²) in [6.45, 7) is 0. The lowest BCUT2D eigenvalue weighted by Gasteiger charge is -2.58. The van der Waals surface area contributed by atoms with E-state index in [2.05, 4.69) is 12.4 Å². The van der Waals surface area contributed by atoms with Crippen LogP contribution in [-0.2, 0) is 4.74 Å². The van der Waals surface area contributed by atoms with Crippen LogP contribution in [0, 0.1) is 5.41 Å². The molecule has 0 amide bonds. The van der Waals surface area contributed by atoms with Gasteiger partial charge in [0.2, 0.25) is 0 Å². The highest BCUT2D eigenvalue weighted by atomic mass is 16.5. The summed E-state index contributed by atoms with van der Waals surface area (Å²) in [6.07, 6.45) is 16.3. The standard InChI is InChI=1S/C16H29NO/c1-17-14-12-15(16(14)10-6-3-7-11-16)18-13-8-4-2-5-9-13/h13-15,17H,2-12H2,1H3. The first-order valence-corrected chi connectivity index (χ1v) is 8.18. The van der Waals surface area contributed by atoms with Crippen LogP contribution in [0.1, 0.15) is 70.6 Å². The molecule has 104 valence electrons. The van der Waals surface area contributed by atoms with E-state index in [1.54, 1.807) is 0 Å². The Morgan fingerprint density at radius 2 is 1.61 bits per heavy atom. The van der Waals surface area contributed by atoms with Gasteiger partial charge < -0.3 is 10.1 Å². The van der Waals surface area contributed by atoms with E-state index < -0.39 is 0 Å². The zero-order valence-electron chi connectivity index (χ0n) is 11.9. The molecule has 1 N–H and O–H groups in total. The number of nitrogens with one attached hydrogen (secondary N) is 1. The predicted octanol–water partition coefficient (Wildman–Crippen LogP) is 3.65. The summed E-state index contributed by atoms with van der Waals surface area (Å²) < 4.78 is 6.51. The fourth-order valence-electron chi connectivity index (χ4n) is 4.66. The number of hydrogen-bond acceptors (Lipinski definition) is 2. The first-order valence-electron chi connectivity index (χ1n) is 8.18. The van der Waals surface area contributed by atoms with Crippen LogP contribution < -0.4 is 5.32 Å². The smallest absolute Gasteiger partial charge is 0.0665 e. The van der Waals surface area contributed by atoms with Gasteiger partial charge in [0.15, 0.2) is 0 Å². The second-order valence-corrected chi connectivity index (χ2v) is 6.76. The topological polar surface area (TPSA) is 21.3 Å². The summed E-state index contributed by atoms with van der Waals surface area (Å²) in [5.74, 6) is 0. The predicted molar refractivity (Wildman–Crippen MR) is 74.7 cm³/mol. The van der Waals surface area contributed by atoms with Crippen molar-refractivity contribution < 1.29 is 4.74 Å². The quantitative estimate of drug-likeness (QED) is 0.826. The van der Waals surface area contributed by atoms with E-state index in [-0.39, 0.29) is 0 Å². The molecule has 2 unspecified atom stereocenters. The zero-order chi connectivity index (χ0) is 12.4. The fourth-order valence-corrected chi connectivity index (χ4v) is 4.66. The van der Waals surface area contributed by atoms with Crippen molar-refractivity contribution in [3.63, 3.8) is 0 Å². The largest absolute Gasteiger partial charge is 0.374 e. The normalized spacial score (nSPS) is 36.5. The van der Waals surface area contributed by atoms with Crippen LogP contribution >= 0.6 is 0 Å². The Bertz CT molecular complexity index is 266. The monoisotopic (exact) mass is 251 g/mol. The van der Waals surface area contributed by atoms with Crippen LogP contribution in [0.25, 0.3) is 0 Å². The summed E-state index contributed by atoms with van der Waals surface area (Å²) in [7, 11) is 2.14. The maximum absolute atomic E-state index is 6.51. The Balaban J connectivity index is 1.61. The minimum Gasteiger partial charge on any atom is -0.374 e. The molecule has 0 aromatic rings. The van der Waals surface area contributed by atoms with Crippen molar-refractivity contribution in [2.45, 2.75) is 88.9 Å². The van der Waals surface area contributed by atoms with E-state index in [0.29, 0.717) is 17.6 Å². The van der Waals surface area contributed by atoms with Crippen molar-refractivity contribution in [1.29, 1.82) is 0 Å². The molecule has 3 rings (SSSR count). The second kappa shape index (κ2) is 5.50. The average Bonchev–Trinajstić information content (AvgIpc) is 2.45. The maximum Gasteiger partial charge on any atom is 0.0665 e. The van der Waals surface area contributed by atoms with Gasteiger partial charge in [0.25, 0.3) is 0 Å². The van der Waals surface area contributed by atoms with Crippen LogP contribution in [0.3, 0.4) is 0 Å². The van der Waals surface area contributed by atoms with Crippen molar-refractivity contribution in [2.24, 2.45) is 5.41 Å². The van der Waals surface area contributed by atoms with Crippen molar-refractivity contribution >= 4 is 0 Å². The maximum atomic E-state index is 6.51. The van der Waals surface area contributed by atoms with Crippen molar-refractivity contribution in [2.75, 3.05) is 7.05 Å². The molecular weight excluding hydrogens is 222 g/mol. The Morgan fingerprint density at radius 3 is 2.28 bits per heavy atom. The summed E-state index contributed by atoms with van der Waals surface area (Å²) >= 11 is 0. The molecular formula is C16H29NO. The lowest BCUT2D eigenvalue weighted by Crippen LogP contribution is -2.64. The Kier molecular flexibility index (Phi) is 3.95. The first kappa shape index (κ1) is 12.9. The van der Waals surface area contributed by atoms with Crippen LogP contribution in [-0.4, -0.2) is 25.3 Å². The van der Waals surface area contributed by atoms with Crippen molar-refractivity contribution in [3.8, 4) is 0 Å². The second-order valence-electron chi connectivity index (χ2n) is 6.76. The molecule has 2 heteroatoms. The molecule has 3 aliphatic carbocycles. The molecule has 3 aliphatic rings. The van der Waals surface area contributed by atoms with E-state index in [1.165, 1.54) is 70.6 Å². The molecule has 3 fully saturated rings. The molecule has 0 aromatic heterocycles. The highest BCUT2D eigenvalue weighted by molar-refractivity contribution is 5.08. The van der Waals surface area contributed by atoms with Gasteiger partial charge in [-0.2, -0.15) is 0 Å². The van der Waals surface area contributed by atoms with Gasteiger partial charge in [-0.15, -0.1) is 0 Å². The third-order valence-corrected chi connectivity index (χ3v) is 5.83. The van der Waals surface area contributed by atoms with E-state index in [1.807, 2.05) is 0 Å². The summed E-state index contributed by atoms with van der Waals surface area (Å²) in [5.41, 5.74) is 0.504. The highest BCUT2D eigenvalue weighted by Crippen LogP contribution is 2.53. The summed E-state index contributed by atoms with van der Waals surface area (Å²) in [6, 6.07) is 0.728. The van der Waals surface area contributed by atoms with Gasteiger partial charge in [0.05, 0.1) is 12.2 Å². The molecule has 0 aliphatic heterocycles. The van der Waals surface area contributed by atoms with E-state index in [0.717, 1.165) is 6.04 Å². The number of ether oxygens (including phenoxy) is 1. The molecule has 0 aromatic carbocycles. The van der Waals surface area contributed by atoms with Gasteiger partial charge in [-0.3, -0.25) is 0 Å². The number of hydrogen-bond donors (Lipinski definition) is 1. The van der Waals surface area contributed by atoms with Crippen LogP contribution in [0.15, 0.2) is 0 Å². The van der Waals surface area contributed by atoms with Gasteiger partial charge in [-0.25, -0.2) is 0 Å². The van der Waals surface area contributed by atoms with Gasteiger partial charge in [-0.05, 0) is 39.2 Å². The molecule has 2 nitrogen and oxygen atoms in total. The van der Waals surface area contributed by atoms with Gasteiger partial charge in [-0.1, -0.05) is 38.5 Å². The van der Waals surface area contributed by atoms with E-state index >= 15 is 0 Å². The van der Waals surface area contributed by atoms with Gasteiger partial charge in [0, 0.05) is 11.5 Å². The third-order valence-electron chi connectivity index (χ3n) is 5.83. The highest BCUT2D eigenvalue weighted by Gasteiger charge is 2.55. The number of rotatable bonds is 3. The van der Waals surface area contributed by atoms with Crippen molar-refractivity contribution in [1.82, 2.24) is 5.32 Å². The summed E-state index contributed by atoms with van der Waals surface area (Å²) in [5, 5.41) is 3.55. The lowest BCUT2D eigenvalue weighted by molar-refractivity contribution is -0.180. The molecule has 1 spiro atoms. The average molecular weight is 251 g/mol. The van der Waals surface area contributed by atoms with Crippen molar-refractivity contribution in [3.05, 3.63) is 0 Å². The van der Waals surface area contributed by atoms with Crippen LogP contribution in [0.5, 0.6) is 0 Å². The minimum absolute atomic E-state index is 0.504. The van der Waals surface area contributed by atoms with Crippen LogP contribution in [0.2, 0.25) is 0 Å². The molecule has 2 atom stereocenters. The summed E-state index contributed by atoms with van der Waals surface area (Å²) in [4.78, 5) is 0. The molecule has 18 heavy (non-hydrogen) atoms. The Hall–Kier alpha value is -0.0800. The lowest BCUT2D eigenvalue weighted by atomic mass is 9.55. The Morgan fingerprint density at radius 1 is 0.944 bits per heavy atom. The van der Waals surface area contributed by atoms with E-state index in [9.17, 15) is 0 Å². The molecule has 3 saturated carbocycles. The fraction of sp³-hybridized carbons (Fsp3) is 1.00. The van der Waals surface area contributed by atoms with Gasteiger partial charge >= 0.3 is 0 Å². The molecule has 0 saturated heterocycles. The molecule has 0 radical (unpaired) electrons. The van der Waals surface area contributed by atoms with E-state index in [4.69, 9.17) is 4.74 Å². The molecule has 0 bridgehead atoms. The molecule has 0 heterocycles. The third kappa shape index (κ3) is 2.22. The van der Waals surface area contributed by atoms with Gasteiger partial charge in [0.1, 0.15) is 0 Å². The minimum atomic E-state index is 0.504. The van der Waals surface area contributed by atoms with Crippen LogP contribution in [0.4, 0.5) is 0 Å². The SMILES string of the molecule is CNC1CC(OC2CCCCC2)C12CCCCC2. The Labute approximate surface area is 112 Å².